The summed E-state index contributed by atoms with van der Waals surface area (Å²) in [5, 5.41) is 6.25. The van der Waals surface area contributed by atoms with Crippen LogP contribution >= 0.6 is 0 Å². The third-order valence-electron chi connectivity index (χ3n) is 5.35. The summed E-state index contributed by atoms with van der Waals surface area (Å²) in [6, 6.07) is 7.58. The molecule has 1 aliphatic rings. The zero-order valence-corrected chi connectivity index (χ0v) is 18.2. The van der Waals surface area contributed by atoms with E-state index in [-0.39, 0.29) is 24.3 Å². The first kappa shape index (κ1) is 23.2. The molecule has 1 aromatic carbocycles. The maximum absolute atomic E-state index is 12.4. The molecule has 162 valence electrons. The Morgan fingerprint density at radius 3 is 2.69 bits per heavy atom. The molecule has 0 spiro atoms. The number of hydrogen-bond donors (Lipinski definition) is 3. The van der Waals surface area contributed by atoms with E-state index in [1.807, 2.05) is 24.3 Å². The van der Waals surface area contributed by atoms with E-state index in [2.05, 4.69) is 29.5 Å². The Hall–Kier alpha value is -2.08. The molecular weight excluding hydrogens is 364 g/mol. The number of nitrogens with one attached hydrogen (secondary N) is 2. The van der Waals surface area contributed by atoms with Gasteiger partial charge >= 0.3 is 0 Å². The van der Waals surface area contributed by atoms with E-state index in [0.29, 0.717) is 11.8 Å². The molecule has 4 N–H and O–H groups in total. The Bertz CT molecular complexity index is 654. The summed E-state index contributed by atoms with van der Waals surface area (Å²) in [6.45, 7) is 6.14. The minimum Gasteiger partial charge on any atom is -0.497 e. The largest absolute Gasteiger partial charge is 0.497 e. The summed E-state index contributed by atoms with van der Waals surface area (Å²) in [4.78, 5) is 17.0. The Balaban J connectivity index is 1.92. The van der Waals surface area contributed by atoms with Crippen LogP contribution < -0.4 is 21.1 Å². The average Bonchev–Trinajstić information content (AvgIpc) is 2.68. The molecule has 0 saturated heterocycles. The summed E-state index contributed by atoms with van der Waals surface area (Å²) >= 11 is 0. The number of methoxy groups -OCH3 is 1. The van der Waals surface area contributed by atoms with Crippen LogP contribution in [0.5, 0.6) is 5.75 Å². The highest BCUT2D eigenvalue weighted by Gasteiger charge is 2.19. The van der Waals surface area contributed by atoms with Gasteiger partial charge in [0.15, 0.2) is 5.96 Å². The zero-order valence-electron chi connectivity index (χ0n) is 18.2. The first-order valence-electron chi connectivity index (χ1n) is 10.9. The lowest BCUT2D eigenvalue weighted by atomic mass is 9.85. The van der Waals surface area contributed by atoms with E-state index in [9.17, 15) is 4.79 Å². The number of ether oxygens (including phenoxy) is 1. The monoisotopic (exact) mass is 402 g/mol. The molecule has 0 heterocycles. The number of carbonyl (C=O) groups is 1. The second-order valence-electron chi connectivity index (χ2n) is 8.54. The number of guanidine groups is 1. The van der Waals surface area contributed by atoms with Crippen LogP contribution in [0.25, 0.3) is 0 Å². The van der Waals surface area contributed by atoms with E-state index < -0.39 is 0 Å². The van der Waals surface area contributed by atoms with Gasteiger partial charge in [0.2, 0.25) is 5.91 Å². The average molecular weight is 403 g/mol. The van der Waals surface area contributed by atoms with E-state index in [4.69, 9.17) is 10.5 Å². The lowest BCUT2D eigenvalue weighted by Gasteiger charge is -2.25. The van der Waals surface area contributed by atoms with Crippen molar-refractivity contribution in [3.63, 3.8) is 0 Å². The van der Waals surface area contributed by atoms with Crippen LogP contribution in [0.4, 0.5) is 0 Å². The molecule has 1 saturated carbocycles. The Kier molecular flexibility index (Phi) is 9.98. The maximum Gasteiger partial charge on any atom is 0.231 e. The third-order valence-corrected chi connectivity index (χ3v) is 5.35. The molecule has 1 aromatic rings. The fourth-order valence-electron chi connectivity index (χ4n) is 3.91. The molecule has 1 atom stereocenters. The minimum atomic E-state index is -0.161. The molecule has 0 aliphatic heterocycles. The van der Waals surface area contributed by atoms with Crippen LogP contribution in [0.3, 0.4) is 0 Å². The number of aliphatic imine (C=N–C) groups is 1. The number of nitrogens with two attached hydrogens (primary N) is 1. The quantitative estimate of drug-likeness (QED) is 0.414. The van der Waals surface area contributed by atoms with Crippen molar-refractivity contribution in [1.29, 1.82) is 0 Å². The Morgan fingerprint density at radius 1 is 1.24 bits per heavy atom. The molecule has 6 heteroatoms. The number of amides is 1. The van der Waals surface area contributed by atoms with Crippen LogP contribution in [0, 0.1) is 11.8 Å². The van der Waals surface area contributed by atoms with Gasteiger partial charge in [0.05, 0.1) is 19.6 Å². The smallest absolute Gasteiger partial charge is 0.231 e. The fraction of sp³-hybridized carbons (Fsp3) is 0.652. The Morgan fingerprint density at radius 2 is 2.00 bits per heavy atom. The van der Waals surface area contributed by atoms with Crippen molar-refractivity contribution in [2.45, 2.75) is 64.8 Å². The van der Waals surface area contributed by atoms with E-state index in [1.54, 1.807) is 7.11 Å². The van der Waals surface area contributed by atoms with Crippen molar-refractivity contribution in [3.05, 3.63) is 29.8 Å². The summed E-state index contributed by atoms with van der Waals surface area (Å²) in [7, 11) is 1.61. The highest BCUT2D eigenvalue weighted by molar-refractivity contribution is 5.97. The fourth-order valence-corrected chi connectivity index (χ4v) is 3.91. The maximum atomic E-state index is 12.4. The molecule has 2 rings (SSSR count). The summed E-state index contributed by atoms with van der Waals surface area (Å²) in [6.07, 6.45) is 7.79. The van der Waals surface area contributed by atoms with Crippen LogP contribution in [-0.4, -0.2) is 38.1 Å². The van der Waals surface area contributed by atoms with Gasteiger partial charge in [0, 0.05) is 6.54 Å². The molecular formula is C23H38N4O2. The number of benzene rings is 1. The highest BCUT2D eigenvalue weighted by Crippen LogP contribution is 2.28. The molecule has 0 radical (unpaired) electrons. The van der Waals surface area contributed by atoms with Crippen LogP contribution in [0.2, 0.25) is 0 Å². The second-order valence-corrected chi connectivity index (χ2v) is 8.54. The highest BCUT2D eigenvalue weighted by atomic mass is 16.5. The lowest BCUT2D eigenvalue weighted by Crippen LogP contribution is -2.40. The van der Waals surface area contributed by atoms with Crippen molar-refractivity contribution in [2.24, 2.45) is 22.6 Å². The number of carbonyl (C=O) groups excluding carboxylic acids is 1. The first-order valence-corrected chi connectivity index (χ1v) is 10.9. The second kappa shape index (κ2) is 12.5. The van der Waals surface area contributed by atoms with Gasteiger partial charge in [-0.3, -0.25) is 10.1 Å². The molecule has 0 aromatic heterocycles. The van der Waals surface area contributed by atoms with Gasteiger partial charge in [-0.15, -0.1) is 0 Å². The van der Waals surface area contributed by atoms with Crippen molar-refractivity contribution in [3.8, 4) is 5.75 Å². The minimum absolute atomic E-state index is 0.0916. The van der Waals surface area contributed by atoms with E-state index in [1.165, 1.54) is 32.1 Å². The Labute approximate surface area is 175 Å². The zero-order chi connectivity index (χ0) is 21.1. The predicted molar refractivity (Wildman–Crippen MR) is 119 cm³/mol. The van der Waals surface area contributed by atoms with Crippen molar-refractivity contribution in [1.82, 2.24) is 10.6 Å². The van der Waals surface area contributed by atoms with Gasteiger partial charge in [-0.1, -0.05) is 58.1 Å². The summed E-state index contributed by atoms with van der Waals surface area (Å²) in [5.74, 6) is 2.09. The molecule has 29 heavy (non-hydrogen) atoms. The predicted octanol–water partition coefficient (Wildman–Crippen LogP) is 3.25. The number of hydrogen-bond acceptors (Lipinski definition) is 4. The summed E-state index contributed by atoms with van der Waals surface area (Å²) in [5.41, 5.74) is 6.97. The molecule has 0 bridgehead atoms. The van der Waals surface area contributed by atoms with Gasteiger partial charge in [0.25, 0.3) is 0 Å². The number of nitrogens with zero attached hydrogens (tertiary/aromatic N) is 1. The first-order chi connectivity index (χ1) is 14.0. The van der Waals surface area contributed by atoms with E-state index >= 15 is 0 Å². The topological polar surface area (TPSA) is 88.7 Å². The van der Waals surface area contributed by atoms with Crippen molar-refractivity contribution < 1.29 is 9.53 Å². The van der Waals surface area contributed by atoms with Crippen LogP contribution in [-0.2, 0) is 11.2 Å². The molecule has 1 amide bonds. The SMILES string of the molecule is COc1cccc(CC(=O)NC(N)=N[C@@H](CNCC(C)C)CC2CCCCC2)c1. The van der Waals surface area contributed by atoms with Crippen LogP contribution in [0.15, 0.2) is 29.3 Å². The van der Waals surface area contributed by atoms with Gasteiger partial charge < -0.3 is 15.8 Å². The third kappa shape index (κ3) is 9.31. The standard InChI is InChI=1S/C23H38N4O2/c1-17(2)15-25-16-20(12-18-8-5-4-6-9-18)26-23(24)27-22(28)14-19-10-7-11-21(13-19)29-3/h7,10-11,13,17-18,20,25H,4-6,8-9,12,14-16H2,1-3H3,(H3,24,26,27,28)/t20-/m1/s1. The van der Waals surface area contributed by atoms with E-state index in [0.717, 1.165) is 30.8 Å². The molecule has 1 fully saturated rings. The molecule has 0 unspecified atom stereocenters. The van der Waals surface area contributed by atoms with Gasteiger partial charge in [0.1, 0.15) is 5.75 Å². The van der Waals surface area contributed by atoms with Gasteiger partial charge in [-0.2, -0.15) is 0 Å². The van der Waals surface area contributed by atoms with Gasteiger partial charge in [-0.05, 0) is 42.5 Å². The van der Waals surface area contributed by atoms with Crippen LogP contribution in [0.1, 0.15) is 57.9 Å². The summed E-state index contributed by atoms with van der Waals surface area (Å²) < 4.78 is 5.21. The normalized spacial score (nSPS) is 16.6. The number of rotatable bonds is 10. The molecule has 1 aliphatic carbocycles. The van der Waals surface area contributed by atoms with Crippen molar-refractivity contribution in [2.75, 3.05) is 20.2 Å². The van der Waals surface area contributed by atoms with Gasteiger partial charge in [-0.25, -0.2) is 4.99 Å². The molecule has 6 nitrogen and oxygen atoms in total. The van der Waals surface area contributed by atoms with Crippen molar-refractivity contribution >= 4 is 11.9 Å². The lowest BCUT2D eigenvalue weighted by molar-refractivity contribution is -0.119.